The van der Waals surface area contributed by atoms with Gasteiger partial charge in [-0.3, -0.25) is 4.79 Å². The van der Waals surface area contributed by atoms with E-state index in [4.69, 9.17) is 4.74 Å². The quantitative estimate of drug-likeness (QED) is 0.683. The van der Waals surface area contributed by atoms with Crippen molar-refractivity contribution < 1.29 is 9.53 Å². The second kappa shape index (κ2) is 3.45. The smallest absolute Gasteiger partial charge is 0.306 e. The first-order valence-corrected chi connectivity index (χ1v) is 4.89. The lowest BCUT2D eigenvalue weighted by molar-refractivity contribution is -0.141. The molecule has 0 aromatic heterocycles. The van der Waals surface area contributed by atoms with Crippen LogP contribution in [-0.4, -0.2) is 13.1 Å². The van der Waals surface area contributed by atoms with E-state index in [0.29, 0.717) is 6.42 Å². The van der Waals surface area contributed by atoms with E-state index in [-0.39, 0.29) is 11.4 Å². The molecule has 0 amide bonds. The fraction of sp³-hybridized carbons (Fsp3) is 0.417. The highest BCUT2D eigenvalue weighted by atomic mass is 16.5. The summed E-state index contributed by atoms with van der Waals surface area (Å²) in [4.78, 5) is 11.2. The first-order valence-electron chi connectivity index (χ1n) is 4.89. The first kappa shape index (κ1) is 9.25. The molecular formula is C12H14O2. The van der Waals surface area contributed by atoms with Crippen molar-refractivity contribution in [2.75, 3.05) is 7.11 Å². The Morgan fingerprint density at radius 3 is 2.50 bits per heavy atom. The van der Waals surface area contributed by atoms with Gasteiger partial charge in [-0.1, -0.05) is 30.3 Å². The van der Waals surface area contributed by atoms with Gasteiger partial charge in [0.2, 0.25) is 0 Å². The fourth-order valence-corrected chi connectivity index (χ4v) is 1.86. The summed E-state index contributed by atoms with van der Waals surface area (Å²) in [5, 5.41) is 0. The highest BCUT2D eigenvalue weighted by Gasteiger charge is 2.45. The van der Waals surface area contributed by atoms with Crippen molar-refractivity contribution in [3.63, 3.8) is 0 Å². The molecule has 0 saturated heterocycles. The SMILES string of the molecule is COC(=O)CC1(c2ccccc2)CC1. The van der Waals surface area contributed by atoms with E-state index in [2.05, 4.69) is 12.1 Å². The van der Waals surface area contributed by atoms with E-state index >= 15 is 0 Å². The second-order valence-corrected chi connectivity index (χ2v) is 3.90. The molecule has 0 bridgehead atoms. The first-order chi connectivity index (χ1) is 6.77. The van der Waals surface area contributed by atoms with Gasteiger partial charge in [0.25, 0.3) is 0 Å². The number of ether oxygens (including phenoxy) is 1. The van der Waals surface area contributed by atoms with Crippen molar-refractivity contribution in [3.05, 3.63) is 35.9 Å². The molecule has 1 saturated carbocycles. The Hall–Kier alpha value is -1.31. The number of esters is 1. The largest absolute Gasteiger partial charge is 0.469 e. The van der Waals surface area contributed by atoms with E-state index in [9.17, 15) is 4.79 Å². The van der Waals surface area contributed by atoms with Crippen LogP contribution in [0.3, 0.4) is 0 Å². The maximum atomic E-state index is 11.2. The van der Waals surface area contributed by atoms with Crippen molar-refractivity contribution in [1.82, 2.24) is 0 Å². The maximum absolute atomic E-state index is 11.2. The molecule has 2 rings (SSSR count). The minimum atomic E-state index is -0.105. The monoisotopic (exact) mass is 190 g/mol. The van der Waals surface area contributed by atoms with E-state index in [0.717, 1.165) is 12.8 Å². The van der Waals surface area contributed by atoms with Gasteiger partial charge in [-0.2, -0.15) is 0 Å². The molecule has 74 valence electrons. The molecule has 2 nitrogen and oxygen atoms in total. The van der Waals surface area contributed by atoms with Crippen LogP contribution in [0.2, 0.25) is 0 Å². The molecule has 0 spiro atoms. The predicted octanol–water partition coefficient (Wildman–Crippen LogP) is 2.28. The maximum Gasteiger partial charge on any atom is 0.306 e. The number of rotatable bonds is 3. The summed E-state index contributed by atoms with van der Waals surface area (Å²) in [7, 11) is 1.45. The van der Waals surface area contributed by atoms with Gasteiger partial charge in [0, 0.05) is 5.41 Å². The molecule has 0 heterocycles. The van der Waals surface area contributed by atoms with Gasteiger partial charge >= 0.3 is 5.97 Å². The molecule has 0 atom stereocenters. The third-order valence-electron chi connectivity index (χ3n) is 2.95. The topological polar surface area (TPSA) is 26.3 Å². The van der Waals surface area contributed by atoms with Crippen molar-refractivity contribution in [1.29, 1.82) is 0 Å². The molecule has 0 unspecified atom stereocenters. The number of benzene rings is 1. The van der Waals surface area contributed by atoms with Crippen LogP contribution in [0.25, 0.3) is 0 Å². The number of methoxy groups -OCH3 is 1. The zero-order valence-corrected chi connectivity index (χ0v) is 8.32. The number of hydrogen-bond donors (Lipinski definition) is 0. The molecule has 1 aliphatic carbocycles. The van der Waals surface area contributed by atoms with Crippen molar-refractivity contribution in [2.24, 2.45) is 0 Å². The predicted molar refractivity (Wildman–Crippen MR) is 54.0 cm³/mol. The number of hydrogen-bond acceptors (Lipinski definition) is 2. The Morgan fingerprint density at radius 2 is 2.00 bits per heavy atom. The van der Waals surface area contributed by atoms with Crippen LogP contribution in [0, 0.1) is 0 Å². The molecule has 0 aliphatic heterocycles. The van der Waals surface area contributed by atoms with Gasteiger partial charge in [0.15, 0.2) is 0 Å². The number of carbonyl (C=O) groups excluding carboxylic acids is 1. The lowest BCUT2D eigenvalue weighted by Gasteiger charge is -2.13. The van der Waals surface area contributed by atoms with Gasteiger partial charge < -0.3 is 4.74 Å². The van der Waals surface area contributed by atoms with Crippen LogP contribution in [-0.2, 0) is 14.9 Å². The third-order valence-corrected chi connectivity index (χ3v) is 2.95. The average Bonchev–Trinajstić information content (AvgIpc) is 3.00. The zero-order chi connectivity index (χ0) is 10.0. The molecular weight excluding hydrogens is 176 g/mol. The van der Waals surface area contributed by atoms with Gasteiger partial charge in [-0.05, 0) is 18.4 Å². The van der Waals surface area contributed by atoms with Crippen LogP contribution in [0.1, 0.15) is 24.8 Å². The minimum Gasteiger partial charge on any atom is -0.469 e. The van der Waals surface area contributed by atoms with Crippen LogP contribution in [0.4, 0.5) is 0 Å². The lowest BCUT2D eigenvalue weighted by Crippen LogP contribution is -2.14. The average molecular weight is 190 g/mol. The highest BCUT2D eigenvalue weighted by molar-refractivity contribution is 5.72. The van der Waals surface area contributed by atoms with E-state index in [1.807, 2.05) is 18.2 Å². The van der Waals surface area contributed by atoms with Gasteiger partial charge in [0.1, 0.15) is 0 Å². The molecule has 14 heavy (non-hydrogen) atoms. The Morgan fingerprint density at radius 1 is 1.36 bits per heavy atom. The van der Waals surface area contributed by atoms with Crippen molar-refractivity contribution in [2.45, 2.75) is 24.7 Å². The standard InChI is InChI=1S/C12H14O2/c1-14-11(13)9-12(7-8-12)10-5-3-2-4-6-10/h2-6H,7-9H2,1H3. The summed E-state index contributed by atoms with van der Waals surface area (Å²) < 4.78 is 4.71. The molecule has 2 heteroatoms. The summed E-state index contributed by atoms with van der Waals surface area (Å²) in [6.07, 6.45) is 2.73. The lowest BCUT2D eigenvalue weighted by atomic mass is 9.93. The van der Waals surface area contributed by atoms with Gasteiger partial charge in [0.05, 0.1) is 13.5 Å². The highest BCUT2D eigenvalue weighted by Crippen LogP contribution is 2.51. The van der Waals surface area contributed by atoms with E-state index in [1.165, 1.54) is 12.7 Å². The van der Waals surface area contributed by atoms with Crippen LogP contribution in [0.15, 0.2) is 30.3 Å². The molecule has 0 N–H and O–H groups in total. The summed E-state index contributed by atoms with van der Waals surface area (Å²) in [5.41, 5.74) is 1.36. The van der Waals surface area contributed by atoms with Gasteiger partial charge in [-0.15, -0.1) is 0 Å². The van der Waals surface area contributed by atoms with Crippen LogP contribution < -0.4 is 0 Å². The van der Waals surface area contributed by atoms with E-state index in [1.54, 1.807) is 0 Å². The van der Waals surface area contributed by atoms with Crippen LogP contribution in [0.5, 0.6) is 0 Å². The summed E-state index contributed by atoms with van der Waals surface area (Å²) in [6, 6.07) is 10.2. The second-order valence-electron chi connectivity index (χ2n) is 3.90. The summed E-state index contributed by atoms with van der Waals surface area (Å²) in [5.74, 6) is -0.105. The molecule has 0 radical (unpaired) electrons. The summed E-state index contributed by atoms with van der Waals surface area (Å²) in [6.45, 7) is 0. The Bertz CT molecular complexity index is 325. The Kier molecular flexibility index (Phi) is 2.28. The third kappa shape index (κ3) is 1.65. The van der Waals surface area contributed by atoms with E-state index < -0.39 is 0 Å². The Balaban J connectivity index is 2.14. The van der Waals surface area contributed by atoms with Crippen molar-refractivity contribution >= 4 is 5.97 Å². The van der Waals surface area contributed by atoms with Gasteiger partial charge in [-0.25, -0.2) is 0 Å². The van der Waals surface area contributed by atoms with Crippen molar-refractivity contribution in [3.8, 4) is 0 Å². The Labute approximate surface area is 83.9 Å². The normalized spacial score (nSPS) is 17.5. The molecule has 1 fully saturated rings. The number of carbonyl (C=O) groups is 1. The minimum absolute atomic E-state index is 0.0916. The zero-order valence-electron chi connectivity index (χ0n) is 8.32. The molecule has 1 aromatic carbocycles. The fourth-order valence-electron chi connectivity index (χ4n) is 1.86. The molecule has 1 aromatic rings. The molecule has 1 aliphatic rings. The summed E-state index contributed by atoms with van der Waals surface area (Å²) >= 11 is 0. The van der Waals surface area contributed by atoms with Crippen LogP contribution >= 0.6 is 0 Å².